The van der Waals surface area contributed by atoms with Crippen LogP contribution in [0.2, 0.25) is 0 Å². The zero-order valence-electron chi connectivity index (χ0n) is 14.8. The van der Waals surface area contributed by atoms with Crippen LogP contribution in [-0.4, -0.2) is 31.4 Å². The minimum atomic E-state index is -0.319. The molecular formula is C20H19N5OS. The number of aromatic amines is 1. The van der Waals surface area contributed by atoms with Gasteiger partial charge < -0.3 is 10.7 Å². The van der Waals surface area contributed by atoms with Gasteiger partial charge in [-0.15, -0.1) is 10.2 Å². The van der Waals surface area contributed by atoms with E-state index in [0.717, 1.165) is 38.7 Å². The number of nitrogens with zero attached hydrogens (tertiary/aromatic N) is 3. The van der Waals surface area contributed by atoms with Crippen molar-refractivity contribution in [1.29, 1.82) is 0 Å². The molecule has 0 aliphatic heterocycles. The van der Waals surface area contributed by atoms with Crippen molar-refractivity contribution in [2.75, 3.05) is 5.75 Å². The van der Waals surface area contributed by atoms with Gasteiger partial charge in [-0.3, -0.25) is 9.36 Å². The van der Waals surface area contributed by atoms with Crippen molar-refractivity contribution in [2.45, 2.75) is 18.5 Å². The van der Waals surface area contributed by atoms with Crippen LogP contribution in [0.1, 0.15) is 12.0 Å². The number of carbonyl (C=O) groups is 1. The number of primary amides is 1. The van der Waals surface area contributed by atoms with E-state index in [2.05, 4.69) is 40.3 Å². The summed E-state index contributed by atoms with van der Waals surface area (Å²) >= 11 is 1.48. The number of thioether (sulfide) groups is 1. The molecule has 136 valence electrons. The monoisotopic (exact) mass is 377 g/mol. The van der Waals surface area contributed by atoms with E-state index in [1.54, 1.807) is 0 Å². The predicted molar refractivity (Wildman–Crippen MR) is 108 cm³/mol. The molecule has 0 radical (unpaired) electrons. The molecule has 0 saturated carbocycles. The second-order valence-electron chi connectivity index (χ2n) is 6.29. The molecule has 1 amide bonds. The Balaban J connectivity index is 1.84. The summed E-state index contributed by atoms with van der Waals surface area (Å²) in [6, 6.07) is 16.3. The number of H-pyrrole nitrogens is 1. The molecule has 0 spiro atoms. The second-order valence-corrected chi connectivity index (χ2v) is 7.36. The molecule has 2 heterocycles. The number of nitrogens with one attached hydrogen (secondary N) is 1. The highest BCUT2D eigenvalue weighted by Gasteiger charge is 2.19. The number of amides is 1. The van der Waals surface area contributed by atoms with Crippen LogP contribution in [0.5, 0.6) is 0 Å². The average Bonchev–Trinajstić information content (AvgIpc) is 3.25. The lowest BCUT2D eigenvalue weighted by molar-refractivity contribution is -0.117. The summed E-state index contributed by atoms with van der Waals surface area (Å²) < 4.78 is 2.04. The number of rotatable bonds is 6. The normalized spacial score (nSPS) is 11.1. The molecule has 0 unspecified atom stereocenters. The Morgan fingerprint density at radius 2 is 2.04 bits per heavy atom. The van der Waals surface area contributed by atoms with Gasteiger partial charge in [0, 0.05) is 40.5 Å². The van der Waals surface area contributed by atoms with Gasteiger partial charge in [0.2, 0.25) is 5.91 Å². The first-order valence-electron chi connectivity index (χ1n) is 8.63. The molecule has 0 saturated heterocycles. The third-order valence-corrected chi connectivity index (χ3v) is 5.23. The summed E-state index contributed by atoms with van der Waals surface area (Å²) in [5.74, 6) is 1.01. The SMILES string of the molecule is Cc1cccc(-n2c(SCCC(N)=O)nnc2-c2c[nH]c3ccccc23)c1. The van der Waals surface area contributed by atoms with Crippen LogP contribution < -0.4 is 5.73 Å². The number of fused-ring (bicyclic) bond motifs is 1. The van der Waals surface area contributed by atoms with Crippen LogP contribution in [0, 0.1) is 6.92 Å². The summed E-state index contributed by atoms with van der Waals surface area (Å²) in [5.41, 5.74) is 9.45. The van der Waals surface area contributed by atoms with Crippen LogP contribution in [0.4, 0.5) is 0 Å². The predicted octanol–water partition coefficient (Wildman–Crippen LogP) is 3.69. The maximum Gasteiger partial charge on any atom is 0.218 e. The van der Waals surface area contributed by atoms with E-state index in [0.29, 0.717) is 12.2 Å². The van der Waals surface area contributed by atoms with Gasteiger partial charge >= 0.3 is 0 Å². The number of benzene rings is 2. The van der Waals surface area contributed by atoms with Crippen molar-refractivity contribution in [1.82, 2.24) is 19.7 Å². The third kappa shape index (κ3) is 3.46. The van der Waals surface area contributed by atoms with Gasteiger partial charge in [-0.1, -0.05) is 42.1 Å². The van der Waals surface area contributed by atoms with Gasteiger partial charge in [-0.25, -0.2) is 0 Å². The van der Waals surface area contributed by atoms with Gasteiger partial charge in [-0.05, 0) is 30.7 Å². The number of aromatic nitrogens is 4. The number of para-hydroxylation sites is 1. The summed E-state index contributed by atoms with van der Waals surface area (Å²) in [7, 11) is 0. The largest absolute Gasteiger partial charge is 0.370 e. The molecule has 0 bridgehead atoms. The van der Waals surface area contributed by atoms with Crippen LogP contribution in [0.15, 0.2) is 59.9 Å². The van der Waals surface area contributed by atoms with Crippen LogP contribution >= 0.6 is 11.8 Å². The molecule has 4 rings (SSSR count). The number of nitrogens with two attached hydrogens (primary N) is 1. The number of aryl methyl sites for hydroxylation is 1. The van der Waals surface area contributed by atoms with Crippen molar-refractivity contribution in [3.63, 3.8) is 0 Å². The summed E-state index contributed by atoms with van der Waals surface area (Å²) in [6.45, 7) is 2.05. The molecule has 2 aromatic heterocycles. The first kappa shape index (κ1) is 17.4. The zero-order chi connectivity index (χ0) is 18.8. The molecule has 7 heteroatoms. The standard InChI is InChI=1S/C20H19N5OS/c1-13-5-4-6-14(11-13)25-19(23-24-20(25)27-10-9-18(21)26)16-12-22-17-8-3-2-7-15(16)17/h2-8,11-12,22H,9-10H2,1H3,(H2,21,26). The highest BCUT2D eigenvalue weighted by Crippen LogP contribution is 2.32. The molecule has 0 aliphatic carbocycles. The Morgan fingerprint density at radius 3 is 2.85 bits per heavy atom. The summed E-state index contributed by atoms with van der Waals surface area (Å²) in [6.07, 6.45) is 2.26. The summed E-state index contributed by atoms with van der Waals surface area (Å²) in [5, 5.41) is 10.7. The van der Waals surface area contributed by atoms with Gasteiger partial charge in [0.05, 0.1) is 0 Å². The van der Waals surface area contributed by atoms with Crippen LogP contribution in [-0.2, 0) is 4.79 Å². The zero-order valence-corrected chi connectivity index (χ0v) is 15.7. The highest BCUT2D eigenvalue weighted by atomic mass is 32.2. The number of hydrogen-bond acceptors (Lipinski definition) is 4. The fourth-order valence-electron chi connectivity index (χ4n) is 3.04. The number of carbonyl (C=O) groups excluding carboxylic acids is 1. The van der Waals surface area contributed by atoms with Gasteiger partial charge in [-0.2, -0.15) is 0 Å². The van der Waals surface area contributed by atoms with Crippen LogP contribution in [0.25, 0.3) is 28.0 Å². The number of hydrogen-bond donors (Lipinski definition) is 2. The molecule has 3 N–H and O–H groups in total. The molecule has 0 atom stereocenters. The second kappa shape index (κ2) is 7.28. The molecule has 27 heavy (non-hydrogen) atoms. The Kier molecular flexibility index (Phi) is 4.68. The molecule has 6 nitrogen and oxygen atoms in total. The summed E-state index contributed by atoms with van der Waals surface area (Å²) in [4.78, 5) is 14.4. The maximum atomic E-state index is 11.1. The van der Waals surface area contributed by atoms with Crippen molar-refractivity contribution < 1.29 is 4.79 Å². The molecular weight excluding hydrogens is 358 g/mol. The van der Waals surface area contributed by atoms with Crippen molar-refractivity contribution in [2.24, 2.45) is 5.73 Å². The fourth-order valence-corrected chi connectivity index (χ4v) is 3.94. The molecule has 2 aromatic carbocycles. The van der Waals surface area contributed by atoms with Crippen molar-refractivity contribution >= 4 is 28.6 Å². The van der Waals surface area contributed by atoms with E-state index in [1.165, 1.54) is 11.8 Å². The van der Waals surface area contributed by atoms with Crippen LogP contribution in [0.3, 0.4) is 0 Å². The molecule has 4 aromatic rings. The third-order valence-electron chi connectivity index (χ3n) is 4.30. The molecule has 0 aliphatic rings. The van der Waals surface area contributed by atoms with Gasteiger partial charge in [0.25, 0.3) is 0 Å². The quantitative estimate of drug-likeness (QED) is 0.502. The Bertz CT molecular complexity index is 1110. The highest BCUT2D eigenvalue weighted by molar-refractivity contribution is 7.99. The minimum absolute atomic E-state index is 0.299. The van der Waals surface area contributed by atoms with E-state index >= 15 is 0 Å². The average molecular weight is 377 g/mol. The van der Waals surface area contributed by atoms with Gasteiger partial charge in [0.15, 0.2) is 11.0 Å². The van der Waals surface area contributed by atoms with E-state index in [9.17, 15) is 4.79 Å². The minimum Gasteiger partial charge on any atom is -0.370 e. The lowest BCUT2D eigenvalue weighted by Gasteiger charge is -2.10. The smallest absolute Gasteiger partial charge is 0.218 e. The van der Waals surface area contributed by atoms with E-state index in [4.69, 9.17) is 5.73 Å². The van der Waals surface area contributed by atoms with Crippen molar-refractivity contribution in [3.05, 3.63) is 60.3 Å². The van der Waals surface area contributed by atoms with E-state index in [-0.39, 0.29) is 5.91 Å². The first-order chi connectivity index (χ1) is 13.1. The lowest BCUT2D eigenvalue weighted by Crippen LogP contribution is -2.11. The van der Waals surface area contributed by atoms with Gasteiger partial charge in [0.1, 0.15) is 0 Å². The first-order valence-corrected chi connectivity index (χ1v) is 9.62. The fraction of sp³-hybridized carbons (Fsp3) is 0.150. The Labute approximate surface area is 160 Å². The maximum absolute atomic E-state index is 11.1. The Hall–Kier alpha value is -3.06. The van der Waals surface area contributed by atoms with E-state index in [1.807, 2.05) is 41.1 Å². The Morgan fingerprint density at radius 1 is 1.19 bits per heavy atom. The topological polar surface area (TPSA) is 89.6 Å². The molecule has 0 fully saturated rings. The lowest BCUT2D eigenvalue weighted by atomic mass is 10.1. The van der Waals surface area contributed by atoms with Crippen molar-refractivity contribution in [3.8, 4) is 17.1 Å². The van der Waals surface area contributed by atoms with E-state index < -0.39 is 0 Å².